The molecule has 2 atom stereocenters. The molecule has 1 unspecified atom stereocenters. The molecule has 1 saturated heterocycles. The van der Waals surface area contributed by atoms with Gasteiger partial charge in [-0.15, -0.1) is 0 Å². The van der Waals surface area contributed by atoms with Crippen molar-refractivity contribution in [3.8, 4) is 11.5 Å². The lowest BCUT2D eigenvalue weighted by Crippen LogP contribution is -2.58. The Bertz CT molecular complexity index is 1430. The van der Waals surface area contributed by atoms with E-state index in [9.17, 15) is 14.7 Å². The number of aliphatic hydroxyl groups is 2. The molecule has 0 aromatic heterocycles. The highest BCUT2D eigenvalue weighted by Gasteiger charge is 2.43. The van der Waals surface area contributed by atoms with Crippen LogP contribution in [0.4, 0.5) is 5.69 Å². The Hall–Kier alpha value is -3.59. The van der Waals surface area contributed by atoms with Crippen molar-refractivity contribution in [3.05, 3.63) is 87.9 Å². The summed E-state index contributed by atoms with van der Waals surface area (Å²) >= 11 is 6.22. The van der Waals surface area contributed by atoms with E-state index >= 15 is 0 Å². The Kier molecular flexibility index (Phi) is 8.01. The van der Waals surface area contributed by atoms with Crippen LogP contribution < -0.4 is 14.4 Å². The molecular weight excluding hydrogens is 544 g/mol. The van der Waals surface area contributed by atoms with Gasteiger partial charge >= 0.3 is 0 Å². The maximum Gasteiger partial charge on any atom is 0.248 e. The number of carbonyl (C=O) groups excluding carboxylic acids is 2. The molecule has 2 aliphatic heterocycles. The van der Waals surface area contributed by atoms with Crippen molar-refractivity contribution in [2.45, 2.75) is 44.9 Å². The molecule has 0 saturated carbocycles. The highest BCUT2D eigenvalue weighted by Crippen LogP contribution is 2.44. The quantitative estimate of drug-likeness (QED) is 0.409. The molecular formula is C32H35ClN2O6. The van der Waals surface area contributed by atoms with E-state index in [2.05, 4.69) is 0 Å². The Balaban J connectivity index is 1.52. The Morgan fingerprint density at radius 2 is 1.73 bits per heavy atom. The van der Waals surface area contributed by atoms with Crippen molar-refractivity contribution in [1.29, 1.82) is 0 Å². The number of amides is 2. The normalized spacial score (nSPS) is 18.5. The zero-order chi connectivity index (χ0) is 29.5. The minimum Gasteiger partial charge on any atom is -0.493 e. The number of methoxy groups -OCH3 is 1. The highest BCUT2D eigenvalue weighted by molar-refractivity contribution is 6.30. The molecule has 0 radical (unpaired) electrons. The molecule has 0 bridgehead atoms. The molecule has 2 aliphatic rings. The maximum atomic E-state index is 13.8. The van der Waals surface area contributed by atoms with Gasteiger partial charge in [-0.05, 0) is 79.4 Å². The first-order valence-corrected chi connectivity index (χ1v) is 14.1. The molecule has 1 fully saturated rings. The standard InChI is InChI=1S/C32H35ClN2O6/c1-19(2)41-28-15-26-21(13-27(28)40-4)14-29(37)35(31(26)20-5-9-24(33)10-6-20)25-11-7-22(8-12-25)32(3,39)23-16-34(17-23)30(38)18-36/h5-13,15,19,23,31,36,39H,14,16-18H2,1-4H3/t31-,32?/m0/s1. The van der Waals surface area contributed by atoms with Crippen molar-refractivity contribution in [3.63, 3.8) is 0 Å². The SMILES string of the molecule is COc1cc2c(cc1OC(C)C)[C@H](c1ccc(Cl)cc1)N(c1ccc(C(C)(O)C3CN(C(=O)CO)C3)cc1)C(=O)C2. The Labute approximate surface area is 245 Å². The number of benzene rings is 3. The van der Waals surface area contributed by atoms with Crippen LogP contribution in [-0.4, -0.2) is 59.8 Å². The van der Waals surface area contributed by atoms with E-state index in [4.69, 9.17) is 26.2 Å². The first kappa shape index (κ1) is 28.9. The summed E-state index contributed by atoms with van der Waals surface area (Å²) in [6.07, 6.45) is 0.121. The number of hydrogen-bond acceptors (Lipinski definition) is 6. The number of aliphatic hydroxyl groups excluding tert-OH is 1. The Morgan fingerprint density at radius 1 is 1.07 bits per heavy atom. The van der Waals surface area contributed by atoms with Gasteiger partial charge in [0.25, 0.3) is 0 Å². The molecule has 8 nitrogen and oxygen atoms in total. The van der Waals surface area contributed by atoms with Crippen LogP contribution in [-0.2, 0) is 21.6 Å². The van der Waals surface area contributed by atoms with Gasteiger partial charge in [0.05, 0.1) is 31.3 Å². The summed E-state index contributed by atoms with van der Waals surface area (Å²) in [6.45, 7) is 5.84. The Morgan fingerprint density at radius 3 is 2.32 bits per heavy atom. The molecule has 5 rings (SSSR count). The van der Waals surface area contributed by atoms with E-state index in [1.54, 1.807) is 18.9 Å². The second kappa shape index (κ2) is 11.4. The van der Waals surface area contributed by atoms with E-state index in [0.29, 0.717) is 40.9 Å². The third-order valence-corrected chi connectivity index (χ3v) is 8.28. The van der Waals surface area contributed by atoms with E-state index in [0.717, 1.165) is 16.7 Å². The first-order valence-electron chi connectivity index (χ1n) is 13.7. The van der Waals surface area contributed by atoms with Crippen LogP contribution in [0.5, 0.6) is 11.5 Å². The second-order valence-electron chi connectivity index (χ2n) is 11.1. The fraction of sp³-hybridized carbons (Fsp3) is 0.375. The number of hydrogen-bond donors (Lipinski definition) is 2. The number of ether oxygens (including phenoxy) is 2. The molecule has 0 spiro atoms. The monoisotopic (exact) mass is 578 g/mol. The number of rotatable bonds is 8. The molecule has 2 N–H and O–H groups in total. The van der Waals surface area contributed by atoms with Gasteiger partial charge in [-0.1, -0.05) is 35.9 Å². The van der Waals surface area contributed by atoms with E-state index in [1.165, 1.54) is 4.90 Å². The first-order chi connectivity index (χ1) is 19.5. The summed E-state index contributed by atoms with van der Waals surface area (Å²) in [5.74, 6) is 0.604. The molecule has 3 aromatic rings. The lowest BCUT2D eigenvalue weighted by molar-refractivity contribution is -0.149. The van der Waals surface area contributed by atoms with Crippen molar-refractivity contribution in [1.82, 2.24) is 4.90 Å². The van der Waals surface area contributed by atoms with Gasteiger partial charge in [0.2, 0.25) is 11.8 Å². The zero-order valence-corrected chi connectivity index (χ0v) is 24.4. The van der Waals surface area contributed by atoms with Crippen LogP contribution in [0.1, 0.15) is 49.1 Å². The van der Waals surface area contributed by atoms with Crippen LogP contribution >= 0.6 is 11.6 Å². The summed E-state index contributed by atoms with van der Waals surface area (Å²) in [7, 11) is 1.59. The molecule has 3 aromatic carbocycles. The van der Waals surface area contributed by atoms with Gasteiger partial charge in [-0.2, -0.15) is 0 Å². The molecule has 41 heavy (non-hydrogen) atoms. The fourth-order valence-corrected chi connectivity index (χ4v) is 5.79. The summed E-state index contributed by atoms with van der Waals surface area (Å²) in [5.41, 5.74) is 2.88. The third-order valence-electron chi connectivity index (χ3n) is 8.03. The predicted molar refractivity (Wildman–Crippen MR) is 156 cm³/mol. The number of nitrogens with zero attached hydrogens (tertiary/aromatic N) is 2. The summed E-state index contributed by atoms with van der Waals surface area (Å²) in [6, 6.07) is 18.2. The van der Waals surface area contributed by atoms with Crippen molar-refractivity contribution in [2.75, 3.05) is 31.7 Å². The van der Waals surface area contributed by atoms with E-state index < -0.39 is 18.2 Å². The maximum absolute atomic E-state index is 13.8. The minimum atomic E-state index is -1.18. The predicted octanol–water partition coefficient (Wildman–Crippen LogP) is 4.47. The largest absolute Gasteiger partial charge is 0.493 e. The number of fused-ring (bicyclic) bond motifs is 1. The van der Waals surface area contributed by atoms with Crippen LogP contribution in [0, 0.1) is 5.92 Å². The lowest BCUT2D eigenvalue weighted by Gasteiger charge is -2.46. The third kappa shape index (κ3) is 5.52. The topological polar surface area (TPSA) is 99.5 Å². The van der Waals surface area contributed by atoms with Gasteiger partial charge in [0.1, 0.15) is 6.61 Å². The van der Waals surface area contributed by atoms with E-state index in [1.807, 2.05) is 74.5 Å². The second-order valence-corrected chi connectivity index (χ2v) is 11.5. The fourth-order valence-electron chi connectivity index (χ4n) is 5.66. The molecule has 9 heteroatoms. The minimum absolute atomic E-state index is 0.0675. The average Bonchev–Trinajstić information content (AvgIpc) is 2.91. The van der Waals surface area contributed by atoms with Crippen LogP contribution in [0.25, 0.3) is 0 Å². The number of carbonyl (C=O) groups is 2. The van der Waals surface area contributed by atoms with Gasteiger partial charge in [-0.25, -0.2) is 0 Å². The van der Waals surface area contributed by atoms with Crippen LogP contribution in [0.2, 0.25) is 5.02 Å². The van der Waals surface area contributed by atoms with Gasteiger partial charge < -0.3 is 29.5 Å². The smallest absolute Gasteiger partial charge is 0.248 e. The van der Waals surface area contributed by atoms with E-state index in [-0.39, 0.29) is 30.3 Å². The zero-order valence-electron chi connectivity index (χ0n) is 23.6. The average molecular weight is 579 g/mol. The van der Waals surface area contributed by atoms with Gasteiger partial charge in [0, 0.05) is 29.7 Å². The molecule has 2 amide bonds. The summed E-state index contributed by atoms with van der Waals surface area (Å²) in [5, 5.41) is 21.1. The van der Waals surface area contributed by atoms with Crippen molar-refractivity contribution < 1.29 is 29.3 Å². The van der Waals surface area contributed by atoms with Gasteiger partial charge in [-0.3, -0.25) is 9.59 Å². The lowest BCUT2D eigenvalue weighted by atomic mass is 9.78. The van der Waals surface area contributed by atoms with Crippen molar-refractivity contribution in [2.24, 2.45) is 5.92 Å². The highest BCUT2D eigenvalue weighted by atomic mass is 35.5. The summed E-state index contributed by atoms with van der Waals surface area (Å²) < 4.78 is 11.7. The van der Waals surface area contributed by atoms with Crippen LogP contribution in [0.15, 0.2) is 60.7 Å². The summed E-state index contributed by atoms with van der Waals surface area (Å²) in [4.78, 5) is 28.8. The number of likely N-dealkylation sites (tertiary alicyclic amines) is 1. The molecule has 216 valence electrons. The number of anilines is 1. The van der Waals surface area contributed by atoms with Crippen molar-refractivity contribution >= 4 is 29.1 Å². The molecule has 2 heterocycles. The molecule has 0 aliphatic carbocycles. The van der Waals surface area contributed by atoms with Crippen LogP contribution in [0.3, 0.4) is 0 Å². The number of halogens is 1. The van der Waals surface area contributed by atoms with Gasteiger partial charge in [0.15, 0.2) is 11.5 Å².